The lowest BCUT2D eigenvalue weighted by Gasteiger charge is -2.08. The van der Waals surface area contributed by atoms with Crippen LogP contribution in [0.4, 0.5) is 13.2 Å². The average molecular weight is 478 g/mol. The molecule has 3 rings (SSSR count). The van der Waals surface area contributed by atoms with Crippen LogP contribution in [0.5, 0.6) is 0 Å². The first-order chi connectivity index (χ1) is 15.6. The van der Waals surface area contributed by atoms with E-state index >= 15 is 0 Å². The quantitative estimate of drug-likeness (QED) is 0.453. The number of carbonyl (C=O) groups is 1. The van der Waals surface area contributed by atoms with Crippen molar-refractivity contribution in [3.63, 3.8) is 0 Å². The van der Waals surface area contributed by atoms with Crippen molar-refractivity contribution in [3.8, 4) is 0 Å². The first-order valence-electron chi connectivity index (χ1n) is 9.88. The molecule has 0 atom stereocenters. The van der Waals surface area contributed by atoms with E-state index in [0.717, 1.165) is 12.1 Å². The smallest absolute Gasteiger partial charge is 0.416 e. The Bertz CT molecular complexity index is 1190. The van der Waals surface area contributed by atoms with Gasteiger partial charge in [-0.15, -0.1) is 0 Å². The van der Waals surface area contributed by atoms with Crippen LogP contribution in [0, 0.1) is 0 Å². The molecule has 0 aliphatic rings. The van der Waals surface area contributed by atoms with Gasteiger partial charge in [-0.05, 0) is 60.0 Å². The SMILES string of the molecule is O=C(/C=C/c1ccc(S(=O)(=O)NCc2ccco2)cc1)NCCc1ccc(C(F)(F)F)cc1. The number of hydrogen-bond acceptors (Lipinski definition) is 4. The monoisotopic (exact) mass is 478 g/mol. The molecule has 2 aromatic carbocycles. The topological polar surface area (TPSA) is 88.4 Å². The molecule has 0 aliphatic heterocycles. The number of carbonyl (C=O) groups excluding carboxylic acids is 1. The summed E-state index contributed by atoms with van der Waals surface area (Å²) in [4.78, 5) is 12.0. The van der Waals surface area contributed by atoms with Gasteiger partial charge in [-0.25, -0.2) is 13.1 Å². The molecule has 0 saturated heterocycles. The van der Waals surface area contributed by atoms with Crippen molar-refractivity contribution in [2.24, 2.45) is 0 Å². The lowest BCUT2D eigenvalue weighted by Crippen LogP contribution is -2.23. The van der Waals surface area contributed by atoms with E-state index < -0.39 is 21.8 Å². The second-order valence-corrected chi connectivity index (χ2v) is 8.81. The number of halogens is 3. The van der Waals surface area contributed by atoms with Crippen LogP contribution < -0.4 is 10.0 Å². The highest BCUT2D eigenvalue weighted by atomic mass is 32.2. The number of hydrogen-bond donors (Lipinski definition) is 2. The highest BCUT2D eigenvalue weighted by Crippen LogP contribution is 2.29. The Labute approximate surface area is 189 Å². The number of rotatable bonds is 9. The zero-order valence-electron chi connectivity index (χ0n) is 17.3. The van der Waals surface area contributed by atoms with Crippen LogP contribution in [0.15, 0.2) is 82.3 Å². The van der Waals surface area contributed by atoms with Crippen molar-refractivity contribution >= 4 is 22.0 Å². The van der Waals surface area contributed by atoms with Gasteiger partial charge in [0.15, 0.2) is 0 Å². The highest BCUT2D eigenvalue weighted by molar-refractivity contribution is 7.89. The lowest BCUT2D eigenvalue weighted by atomic mass is 10.1. The standard InChI is InChI=1S/C23H21F3N2O4S/c24-23(25,26)19-8-3-18(4-9-19)13-14-27-22(29)12-7-17-5-10-21(11-6-17)33(30,31)28-16-20-2-1-15-32-20/h1-12,15,28H,13-14,16H2,(H,27,29)/b12-7+. The van der Waals surface area contributed by atoms with Crippen molar-refractivity contribution in [2.75, 3.05) is 6.54 Å². The van der Waals surface area contributed by atoms with Crippen LogP contribution >= 0.6 is 0 Å². The zero-order chi connectivity index (χ0) is 23.9. The molecule has 0 radical (unpaired) electrons. The number of benzene rings is 2. The van der Waals surface area contributed by atoms with Gasteiger partial charge in [0.1, 0.15) is 5.76 Å². The van der Waals surface area contributed by atoms with E-state index in [1.165, 1.54) is 42.7 Å². The maximum absolute atomic E-state index is 12.6. The van der Waals surface area contributed by atoms with Crippen molar-refractivity contribution in [3.05, 3.63) is 95.5 Å². The Hall–Kier alpha value is -3.37. The third-order valence-electron chi connectivity index (χ3n) is 4.63. The summed E-state index contributed by atoms with van der Waals surface area (Å²) in [6.07, 6.45) is 0.285. The van der Waals surface area contributed by atoms with E-state index in [1.54, 1.807) is 24.3 Å². The summed E-state index contributed by atoms with van der Waals surface area (Å²) in [6, 6.07) is 14.1. The van der Waals surface area contributed by atoms with Gasteiger partial charge >= 0.3 is 6.18 Å². The molecule has 1 heterocycles. The van der Waals surface area contributed by atoms with Gasteiger partial charge in [0, 0.05) is 12.6 Å². The summed E-state index contributed by atoms with van der Waals surface area (Å²) < 4.78 is 69.9. The summed E-state index contributed by atoms with van der Waals surface area (Å²) in [6.45, 7) is 0.288. The molecule has 0 bridgehead atoms. The van der Waals surface area contributed by atoms with Crippen LogP contribution in [0.2, 0.25) is 0 Å². The van der Waals surface area contributed by atoms with E-state index in [4.69, 9.17) is 4.42 Å². The summed E-state index contributed by atoms with van der Waals surface area (Å²) >= 11 is 0. The molecule has 33 heavy (non-hydrogen) atoms. The van der Waals surface area contributed by atoms with Gasteiger partial charge in [0.05, 0.1) is 23.3 Å². The highest BCUT2D eigenvalue weighted by Gasteiger charge is 2.29. The number of sulfonamides is 1. The predicted octanol–water partition coefficient (Wildman–Crippen LogP) is 4.15. The fourth-order valence-electron chi connectivity index (χ4n) is 2.84. The van der Waals surface area contributed by atoms with E-state index in [9.17, 15) is 26.4 Å². The maximum atomic E-state index is 12.6. The maximum Gasteiger partial charge on any atom is 0.416 e. The minimum absolute atomic E-state index is 0.0314. The number of furan rings is 1. The van der Waals surface area contributed by atoms with Crippen molar-refractivity contribution in [1.82, 2.24) is 10.0 Å². The van der Waals surface area contributed by atoms with Gasteiger partial charge in [-0.2, -0.15) is 13.2 Å². The Morgan fingerprint density at radius 3 is 2.30 bits per heavy atom. The second kappa shape index (κ2) is 10.5. The molecule has 174 valence electrons. The van der Waals surface area contributed by atoms with E-state index in [2.05, 4.69) is 10.0 Å². The molecule has 0 aliphatic carbocycles. The Morgan fingerprint density at radius 1 is 1.00 bits per heavy atom. The third-order valence-corrected chi connectivity index (χ3v) is 6.05. The van der Waals surface area contributed by atoms with Gasteiger partial charge in [0.25, 0.3) is 0 Å². The van der Waals surface area contributed by atoms with Crippen molar-refractivity contribution < 1.29 is 30.8 Å². The summed E-state index contributed by atoms with van der Waals surface area (Å²) in [7, 11) is -3.71. The van der Waals surface area contributed by atoms with E-state index in [-0.39, 0.29) is 23.9 Å². The van der Waals surface area contributed by atoms with Crippen LogP contribution in [-0.4, -0.2) is 20.9 Å². The van der Waals surface area contributed by atoms with Crippen LogP contribution in [0.25, 0.3) is 6.08 Å². The largest absolute Gasteiger partial charge is 0.468 e. The van der Waals surface area contributed by atoms with Crippen molar-refractivity contribution in [1.29, 1.82) is 0 Å². The van der Waals surface area contributed by atoms with Crippen molar-refractivity contribution in [2.45, 2.75) is 24.0 Å². The Kier molecular flexibility index (Phi) is 7.72. The fraction of sp³-hybridized carbons (Fsp3) is 0.174. The molecule has 0 saturated carbocycles. The number of amides is 1. The van der Waals surface area contributed by atoms with Gasteiger partial charge < -0.3 is 9.73 Å². The Morgan fingerprint density at radius 2 is 1.70 bits per heavy atom. The molecule has 0 unspecified atom stereocenters. The second-order valence-electron chi connectivity index (χ2n) is 7.04. The molecule has 3 aromatic rings. The third kappa shape index (κ3) is 7.33. The molecule has 2 N–H and O–H groups in total. The van der Waals surface area contributed by atoms with E-state index in [1.807, 2.05) is 0 Å². The summed E-state index contributed by atoms with van der Waals surface area (Å²) in [5, 5.41) is 2.65. The molecule has 6 nitrogen and oxygen atoms in total. The van der Waals surface area contributed by atoms with Gasteiger partial charge in [-0.1, -0.05) is 24.3 Å². The summed E-state index contributed by atoms with van der Waals surface area (Å²) in [5.74, 6) is 0.112. The molecule has 1 amide bonds. The van der Waals surface area contributed by atoms with Crippen LogP contribution in [-0.2, 0) is 34.0 Å². The summed E-state index contributed by atoms with van der Waals surface area (Å²) in [5.41, 5.74) is 0.577. The molecule has 0 spiro atoms. The normalized spacial score (nSPS) is 12.2. The van der Waals surface area contributed by atoms with Crippen LogP contribution in [0.1, 0.15) is 22.5 Å². The Balaban J connectivity index is 1.46. The number of alkyl halides is 3. The zero-order valence-corrected chi connectivity index (χ0v) is 18.1. The molecule has 10 heteroatoms. The van der Waals surface area contributed by atoms with E-state index in [0.29, 0.717) is 23.3 Å². The molecule has 1 aromatic heterocycles. The first-order valence-corrected chi connectivity index (χ1v) is 11.4. The minimum Gasteiger partial charge on any atom is -0.468 e. The lowest BCUT2D eigenvalue weighted by molar-refractivity contribution is -0.137. The van der Waals surface area contributed by atoms with Gasteiger partial charge in [-0.3, -0.25) is 4.79 Å². The minimum atomic E-state index is -4.38. The molecular formula is C23H21F3N2O4S. The fourth-order valence-corrected chi connectivity index (χ4v) is 3.84. The van der Waals surface area contributed by atoms with Gasteiger partial charge in [0.2, 0.25) is 15.9 Å². The average Bonchev–Trinajstić information content (AvgIpc) is 3.30. The molecule has 0 fully saturated rings. The first kappa shape index (κ1) is 24.3. The number of nitrogens with one attached hydrogen (secondary N) is 2. The predicted molar refractivity (Wildman–Crippen MR) is 116 cm³/mol. The molecular weight excluding hydrogens is 457 g/mol. The van der Waals surface area contributed by atoms with Crippen LogP contribution in [0.3, 0.4) is 0 Å².